The third kappa shape index (κ3) is 1.43. The van der Waals surface area contributed by atoms with Gasteiger partial charge < -0.3 is 0 Å². The third-order valence-electron chi connectivity index (χ3n) is 2.70. The highest BCUT2D eigenvalue weighted by Gasteiger charge is 2.32. The summed E-state index contributed by atoms with van der Waals surface area (Å²) in [6.45, 7) is 4.72. The van der Waals surface area contributed by atoms with E-state index >= 15 is 0 Å². The molecule has 54 valence electrons. The van der Waals surface area contributed by atoms with Gasteiger partial charge in [0.05, 0.1) is 0 Å². The van der Waals surface area contributed by atoms with Crippen molar-refractivity contribution < 1.29 is 0 Å². The summed E-state index contributed by atoms with van der Waals surface area (Å²) >= 11 is 4.33. The summed E-state index contributed by atoms with van der Waals surface area (Å²) in [4.78, 5) is 0. The van der Waals surface area contributed by atoms with Crippen LogP contribution in [0.5, 0.6) is 0 Å². The molecule has 9 heavy (non-hydrogen) atoms. The van der Waals surface area contributed by atoms with E-state index < -0.39 is 0 Å². The topological polar surface area (TPSA) is 0 Å². The van der Waals surface area contributed by atoms with Gasteiger partial charge in [-0.2, -0.15) is 12.6 Å². The van der Waals surface area contributed by atoms with Crippen LogP contribution in [0.25, 0.3) is 0 Å². The van der Waals surface area contributed by atoms with Crippen LogP contribution >= 0.6 is 12.6 Å². The Hall–Kier alpha value is 0.350. The molecule has 0 amide bonds. The van der Waals surface area contributed by atoms with E-state index in [-0.39, 0.29) is 0 Å². The molecule has 0 N–H and O–H groups in total. The van der Waals surface area contributed by atoms with Crippen molar-refractivity contribution in [3.05, 3.63) is 0 Å². The van der Waals surface area contributed by atoms with Gasteiger partial charge >= 0.3 is 0 Å². The van der Waals surface area contributed by atoms with Crippen molar-refractivity contribution in [3.8, 4) is 0 Å². The van der Waals surface area contributed by atoms with Gasteiger partial charge in [-0.25, -0.2) is 0 Å². The molecule has 1 atom stereocenters. The molecule has 0 aliphatic heterocycles. The standard InChI is InChI=1S/C8H16S/c1-8(2)5-3-4-7(8)6-9/h7,9H,3-6H2,1-2H3. The molecule has 1 unspecified atom stereocenters. The van der Waals surface area contributed by atoms with Crippen LogP contribution in [0.2, 0.25) is 0 Å². The molecule has 0 heterocycles. The molecular formula is C8H16S. The second kappa shape index (κ2) is 2.53. The zero-order valence-electron chi connectivity index (χ0n) is 6.35. The molecule has 1 saturated carbocycles. The van der Waals surface area contributed by atoms with Gasteiger partial charge in [-0.05, 0) is 29.9 Å². The Morgan fingerprint density at radius 2 is 2.22 bits per heavy atom. The molecule has 0 aromatic heterocycles. The summed E-state index contributed by atoms with van der Waals surface area (Å²) in [5.41, 5.74) is 0.585. The third-order valence-corrected chi connectivity index (χ3v) is 3.14. The summed E-state index contributed by atoms with van der Waals surface area (Å²) < 4.78 is 0. The van der Waals surface area contributed by atoms with E-state index in [4.69, 9.17) is 0 Å². The molecular weight excluding hydrogens is 128 g/mol. The van der Waals surface area contributed by atoms with Crippen molar-refractivity contribution in [1.29, 1.82) is 0 Å². The van der Waals surface area contributed by atoms with E-state index in [1.54, 1.807) is 0 Å². The van der Waals surface area contributed by atoms with Crippen LogP contribution in [0.1, 0.15) is 33.1 Å². The number of hydrogen-bond acceptors (Lipinski definition) is 1. The first-order valence-electron chi connectivity index (χ1n) is 3.77. The van der Waals surface area contributed by atoms with Crippen molar-refractivity contribution in [2.75, 3.05) is 5.75 Å². The smallest absolute Gasteiger partial charge is 0.00644 e. The maximum absolute atomic E-state index is 4.33. The average Bonchev–Trinajstić information content (AvgIpc) is 2.08. The van der Waals surface area contributed by atoms with E-state index in [0.717, 1.165) is 11.7 Å². The molecule has 1 rings (SSSR count). The van der Waals surface area contributed by atoms with Crippen LogP contribution in [-0.4, -0.2) is 5.75 Å². The van der Waals surface area contributed by atoms with E-state index in [9.17, 15) is 0 Å². The second-order valence-electron chi connectivity index (χ2n) is 3.76. The first kappa shape index (κ1) is 7.46. The van der Waals surface area contributed by atoms with E-state index in [2.05, 4.69) is 26.5 Å². The van der Waals surface area contributed by atoms with Crippen molar-refractivity contribution in [2.45, 2.75) is 33.1 Å². The van der Waals surface area contributed by atoms with Gasteiger partial charge in [-0.15, -0.1) is 0 Å². The minimum absolute atomic E-state index is 0.585. The molecule has 0 saturated heterocycles. The van der Waals surface area contributed by atoms with Crippen molar-refractivity contribution in [1.82, 2.24) is 0 Å². The molecule has 1 fully saturated rings. The summed E-state index contributed by atoms with van der Waals surface area (Å²) in [5.74, 6) is 1.95. The fourth-order valence-corrected chi connectivity index (χ4v) is 2.41. The Labute approximate surface area is 63.4 Å². The zero-order valence-corrected chi connectivity index (χ0v) is 7.25. The monoisotopic (exact) mass is 144 g/mol. The molecule has 0 nitrogen and oxygen atoms in total. The lowest BCUT2D eigenvalue weighted by molar-refractivity contribution is 0.286. The fourth-order valence-electron chi connectivity index (χ4n) is 1.74. The first-order valence-corrected chi connectivity index (χ1v) is 4.41. The quantitative estimate of drug-likeness (QED) is 0.537. The summed E-state index contributed by atoms with van der Waals surface area (Å²) in [6, 6.07) is 0. The normalized spacial score (nSPS) is 33.0. The highest BCUT2D eigenvalue weighted by molar-refractivity contribution is 7.80. The molecule has 1 heteroatoms. The van der Waals surface area contributed by atoms with Gasteiger partial charge in [0.1, 0.15) is 0 Å². The minimum Gasteiger partial charge on any atom is -0.179 e. The second-order valence-corrected chi connectivity index (χ2v) is 4.13. The van der Waals surface area contributed by atoms with Crippen LogP contribution in [-0.2, 0) is 0 Å². The molecule has 0 aromatic rings. The lowest BCUT2D eigenvalue weighted by Crippen LogP contribution is -2.18. The Bertz CT molecular complexity index is 96.7. The lowest BCUT2D eigenvalue weighted by Gasteiger charge is -2.24. The fraction of sp³-hybridized carbons (Fsp3) is 1.00. The maximum Gasteiger partial charge on any atom is -0.00644 e. The summed E-state index contributed by atoms with van der Waals surface area (Å²) in [6.07, 6.45) is 4.22. The number of hydrogen-bond donors (Lipinski definition) is 1. The Kier molecular flexibility index (Phi) is 2.10. The molecule has 0 spiro atoms. The molecule has 1 aliphatic rings. The van der Waals surface area contributed by atoms with Crippen LogP contribution in [0.15, 0.2) is 0 Å². The Balaban J connectivity index is 2.52. The summed E-state index contributed by atoms with van der Waals surface area (Å²) in [7, 11) is 0. The Morgan fingerprint density at radius 1 is 1.56 bits per heavy atom. The Morgan fingerprint density at radius 3 is 2.44 bits per heavy atom. The SMILES string of the molecule is CC1(C)CCCC1CS. The van der Waals surface area contributed by atoms with Gasteiger partial charge in [-0.1, -0.05) is 20.3 Å². The predicted molar refractivity (Wildman–Crippen MR) is 45.0 cm³/mol. The van der Waals surface area contributed by atoms with Gasteiger partial charge in [0.25, 0.3) is 0 Å². The van der Waals surface area contributed by atoms with Crippen molar-refractivity contribution >= 4 is 12.6 Å². The van der Waals surface area contributed by atoms with E-state index in [1.807, 2.05) is 0 Å². The van der Waals surface area contributed by atoms with Crippen LogP contribution in [0.4, 0.5) is 0 Å². The van der Waals surface area contributed by atoms with Gasteiger partial charge in [0.15, 0.2) is 0 Å². The first-order chi connectivity index (χ1) is 4.17. The lowest BCUT2D eigenvalue weighted by atomic mass is 9.83. The predicted octanol–water partition coefficient (Wildman–Crippen LogP) is 2.74. The maximum atomic E-state index is 4.33. The minimum atomic E-state index is 0.585. The highest BCUT2D eigenvalue weighted by Crippen LogP contribution is 2.42. The molecule has 0 radical (unpaired) electrons. The number of rotatable bonds is 1. The zero-order chi connectivity index (χ0) is 6.91. The van der Waals surface area contributed by atoms with E-state index in [0.29, 0.717) is 5.41 Å². The van der Waals surface area contributed by atoms with Crippen LogP contribution in [0, 0.1) is 11.3 Å². The van der Waals surface area contributed by atoms with E-state index in [1.165, 1.54) is 19.3 Å². The molecule has 0 aromatic carbocycles. The van der Waals surface area contributed by atoms with Crippen LogP contribution in [0.3, 0.4) is 0 Å². The van der Waals surface area contributed by atoms with Gasteiger partial charge in [0, 0.05) is 0 Å². The largest absolute Gasteiger partial charge is 0.179 e. The van der Waals surface area contributed by atoms with Crippen LogP contribution < -0.4 is 0 Å². The van der Waals surface area contributed by atoms with Crippen molar-refractivity contribution in [3.63, 3.8) is 0 Å². The molecule has 1 aliphatic carbocycles. The average molecular weight is 144 g/mol. The molecule has 0 bridgehead atoms. The van der Waals surface area contributed by atoms with Crippen molar-refractivity contribution in [2.24, 2.45) is 11.3 Å². The highest BCUT2D eigenvalue weighted by atomic mass is 32.1. The van der Waals surface area contributed by atoms with Gasteiger partial charge in [0.2, 0.25) is 0 Å². The summed E-state index contributed by atoms with van der Waals surface area (Å²) in [5, 5.41) is 0. The van der Waals surface area contributed by atoms with Gasteiger partial charge in [-0.3, -0.25) is 0 Å². The number of thiol groups is 1.